The highest BCUT2D eigenvalue weighted by atomic mass is 19.4. The number of hydrogen-bond acceptors (Lipinski definition) is 6. The SMILES string of the molecule is CC(C)n1nc(-c2cnc(N)c(OC(F)(F)F)c2)cc1[C@H]1[C@@H]2CC(N3CCCNCC3)C[C@@H]21. The Hall–Kier alpha value is -2.33. The van der Waals surface area contributed by atoms with E-state index in [-0.39, 0.29) is 11.9 Å². The minimum Gasteiger partial charge on any atom is -0.402 e. The first-order chi connectivity index (χ1) is 15.7. The second-order valence-corrected chi connectivity index (χ2v) is 9.77. The van der Waals surface area contributed by atoms with Gasteiger partial charge < -0.3 is 15.8 Å². The Bertz CT molecular complexity index is 987. The van der Waals surface area contributed by atoms with E-state index in [0.29, 0.717) is 35.1 Å². The summed E-state index contributed by atoms with van der Waals surface area (Å²) in [6.07, 6.45) is 0.241. The molecular weight excluding hydrogens is 433 g/mol. The van der Waals surface area contributed by atoms with E-state index in [1.807, 2.05) is 10.7 Å². The Kier molecular flexibility index (Phi) is 5.76. The molecule has 3 aliphatic rings. The van der Waals surface area contributed by atoms with Crippen molar-refractivity contribution in [3.05, 3.63) is 24.0 Å². The van der Waals surface area contributed by atoms with Crippen LogP contribution < -0.4 is 15.8 Å². The van der Waals surface area contributed by atoms with Crippen molar-refractivity contribution < 1.29 is 17.9 Å². The molecule has 1 aliphatic heterocycles. The molecule has 3 heterocycles. The molecule has 10 heteroatoms. The van der Waals surface area contributed by atoms with Crippen molar-refractivity contribution in [3.8, 4) is 17.0 Å². The summed E-state index contributed by atoms with van der Waals surface area (Å²) in [5.41, 5.74) is 7.82. The maximum Gasteiger partial charge on any atom is 0.573 e. The smallest absolute Gasteiger partial charge is 0.402 e. The van der Waals surface area contributed by atoms with E-state index in [4.69, 9.17) is 10.8 Å². The number of pyridine rings is 1. The summed E-state index contributed by atoms with van der Waals surface area (Å²) in [6, 6.07) is 4.09. The van der Waals surface area contributed by atoms with Gasteiger partial charge in [0, 0.05) is 48.5 Å². The fourth-order valence-corrected chi connectivity index (χ4v) is 5.80. The lowest BCUT2D eigenvalue weighted by Crippen LogP contribution is -2.37. The molecule has 0 radical (unpaired) electrons. The minimum absolute atomic E-state index is 0.148. The molecule has 0 amide bonds. The second kappa shape index (κ2) is 8.47. The molecule has 180 valence electrons. The number of rotatable bonds is 5. The molecule has 1 unspecified atom stereocenters. The van der Waals surface area contributed by atoms with Crippen molar-refractivity contribution in [2.45, 2.75) is 57.5 Å². The van der Waals surface area contributed by atoms with Crippen LogP contribution in [0.15, 0.2) is 18.3 Å². The second-order valence-electron chi connectivity index (χ2n) is 9.77. The van der Waals surface area contributed by atoms with Gasteiger partial charge in [-0.25, -0.2) is 4.98 Å². The van der Waals surface area contributed by atoms with Crippen LogP contribution in [0.4, 0.5) is 19.0 Å². The predicted molar refractivity (Wildman–Crippen MR) is 119 cm³/mol. The number of aromatic nitrogens is 3. The third-order valence-electron chi connectivity index (χ3n) is 7.31. The van der Waals surface area contributed by atoms with Crippen molar-refractivity contribution in [1.82, 2.24) is 25.0 Å². The normalized spacial score (nSPS) is 28.1. The molecule has 0 spiro atoms. The van der Waals surface area contributed by atoms with Gasteiger partial charge in [-0.3, -0.25) is 9.58 Å². The number of halogens is 3. The summed E-state index contributed by atoms with van der Waals surface area (Å²) in [7, 11) is 0. The Balaban J connectivity index is 1.35. The summed E-state index contributed by atoms with van der Waals surface area (Å²) in [4.78, 5) is 6.55. The van der Waals surface area contributed by atoms with Crippen molar-refractivity contribution in [2.24, 2.45) is 11.8 Å². The Morgan fingerprint density at radius 2 is 1.91 bits per heavy atom. The molecular formula is C23H31F3N6O. The zero-order chi connectivity index (χ0) is 23.3. The zero-order valence-corrected chi connectivity index (χ0v) is 19.0. The van der Waals surface area contributed by atoms with E-state index in [9.17, 15) is 13.2 Å². The van der Waals surface area contributed by atoms with Crippen LogP contribution in [0, 0.1) is 11.8 Å². The van der Waals surface area contributed by atoms with Gasteiger partial charge in [-0.05, 0) is 70.2 Å². The maximum atomic E-state index is 12.7. The first kappa shape index (κ1) is 22.5. The molecule has 4 atom stereocenters. The number of nitrogen functional groups attached to an aromatic ring is 1. The number of anilines is 1. The lowest BCUT2D eigenvalue weighted by atomic mass is 10.0. The molecule has 7 nitrogen and oxygen atoms in total. The highest BCUT2D eigenvalue weighted by molar-refractivity contribution is 5.64. The van der Waals surface area contributed by atoms with Gasteiger partial charge in [-0.15, -0.1) is 13.2 Å². The molecule has 5 rings (SSSR count). The largest absolute Gasteiger partial charge is 0.573 e. The van der Waals surface area contributed by atoms with Crippen molar-refractivity contribution in [3.63, 3.8) is 0 Å². The fraction of sp³-hybridized carbons (Fsp3) is 0.652. The van der Waals surface area contributed by atoms with E-state index in [0.717, 1.165) is 19.6 Å². The Morgan fingerprint density at radius 3 is 2.61 bits per heavy atom. The minimum atomic E-state index is -4.83. The monoisotopic (exact) mass is 464 g/mol. The van der Waals surface area contributed by atoms with E-state index in [1.54, 1.807) is 0 Å². The number of nitrogens with one attached hydrogen (secondary N) is 1. The van der Waals surface area contributed by atoms with E-state index in [2.05, 4.69) is 33.8 Å². The van der Waals surface area contributed by atoms with Gasteiger partial charge in [-0.2, -0.15) is 5.10 Å². The Morgan fingerprint density at radius 1 is 1.15 bits per heavy atom. The highest BCUT2D eigenvalue weighted by Gasteiger charge is 2.58. The summed E-state index contributed by atoms with van der Waals surface area (Å²) in [6.45, 7) is 8.60. The number of fused-ring (bicyclic) bond motifs is 1. The van der Waals surface area contributed by atoms with E-state index >= 15 is 0 Å². The van der Waals surface area contributed by atoms with Crippen LogP contribution in [-0.2, 0) is 0 Å². The molecule has 2 aromatic heterocycles. The van der Waals surface area contributed by atoms with Crippen LogP contribution in [0.5, 0.6) is 5.75 Å². The van der Waals surface area contributed by atoms with Gasteiger partial charge in [0.2, 0.25) is 0 Å². The lowest BCUT2D eigenvalue weighted by molar-refractivity contribution is -0.274. The van der Waals surface area contributed by atoms with Crippen molar-refractivity contribution >= 4 is 5.82 Å². The molecule has 3 N–H and O–H groups in total. The standard InChI is InChI=1S/C23H31F3N6O/c1-13(2)32-19(21-16-9-15(10-17(16)21)31-6-3-4-28-5-7-31)11-18(30-32)14-8-20(22(27)29-12-14)33-23(24,25)26/h8,11-13,15-17,21,28H,3-7,9-10H2,1-2H3,(H2,27,29)/t15?,16-,17+,21+. The number of nitrogens with two attached hydrogens (primary N) is 1. The molecule has 2 saturated carbocycles. The number of nitrogens with zero attached hydrogens (tertiary/aromatic N) is 4. The molecule has 2 aromatic rings. The summed E-state index contributed by atoms with van der Waals surface area (Å²) >= 11 is 0. The van der Waals surface area contributed by atoms with Gasteiger partial charge in [0.25, 0.3) is 0 Å². The van der Waals surface area contributed by atoms with Crippen LogP contribution in [0.1, 0.15) is 50.8 Å². The highest BCUT2D eigenvalue weighted by Crippen LogP contribution is 2.64. The predicted octanol–water partition coefficient (Wildman–Crippen LogP) is 3.79. The third-order valence-corrected chi connectivity index (χ3v) is 7.31. The lowest BCUT2D eigenvalue weighted by Gasteiger charge is -2.29. The molecule has 2 aliphatic carbocycles. The van der Waals surface area contributed by atoms with Gasteiger partial charge in [0.15, 0.2) is 11.6 Å². The topological polar surface area (TPSA) is 81.2 Å². The quantitative estimate of drug-likeness (QED) is 0.701. The molecule has 33 heavy (non-hydrogen) atoms. The number of alkyl halides is 3. The van der Waals surface area contributed by atoms with E-state index < -0.39 is 12.1 Å². The third kappa shape index (κ3) is 4.55. The fourth-order valence-electron chi connectivity index (χ4n) is 5.80. The van der Waals surface area contributed by atoms with Gasteiger partial charge in [0.1, 0.15) is 0 Å². The Labute approximate surface area is 191 Å². The summed E-state index contributed by atoms with van der Waals surface area (Å²) in [5.74, 6) is 0.969. The first-order valence-electron chi connectivity index (χ1n) is 11.8. The number of ether oxygens (including phenoxy) is 1. The zero-order valence-electron chi connectivity index (χ0n) is 19.0. The number of hydrogen-bond donors (Lipinski definition) is 2. The average molecular weight is 465 g/mol. The van der Waals surface area contributed by atoms with Crippen LogP contribution in [0.25, 0.3) is 11.3 Å². The average Bonchev–Trinajstić information content (AvgIpc) is 3.08. The molecule has 0 aromatic carbocycles. The summed E-state index contributed by atoms with van der Waals surface area (Å²) in [5, 5.41) is 8.22. The summed E-state index contributed by atoms with van der Waals surface area (Å²) < 4.78 is 44.3. The van der Waals surface area contributed by atoms with Crippen LogP contribution in [0.2, 0.25) is 0 Å². The van der Waals surface area contributed by atoms with Gasteiger partial charge >= 0.3 is 6.36 Å². The van der Waals surface area contributed by atoms with Crippen LogP contribution in [-0.4, -0.2) is 58.2 Å². The van der Waals surface area contributed by atoms with Crippen molar-refractivity contribution in [1.29, 1.82) is 0 Å². The molecule has 3 fully saturated rings. The first-order valence-corrected chi connectivity index (χ1v) is 11.8. The maximum absolute atomic E-state index is 12.7. The molecule has 1 saturated heterocycles. The van der Waals surface area contributed by atoms with E-state index in [1.165, 1.54) is 43.8 Å². The van der Waals surface area contributed by atoms with Gasteiger partial charge in [0.05, 0.1) is 5.69 Å². The van der Waals surface area contributed by atoms with Crippen molar-refractivity contribution in [2.75, 3.05) is 31.9 Å². The van der Waals surface area contributed by atoms with Gasteiger partial charge in [-0.1, -0.05) is 0 Å². The van der Waals surface area contributed by atoms with Crippen LogP contribution >= 0.6 is 0 Å². The van der Waals surface area contributed by atoms with Crippen LogP contribution in [0.3, 0.4) is 0 Å². The molecule has 0 bridgehead atoms.